The monoisotopic (exact) mass is 199 g/mol. The second kappa shape index (κ2) is 5.12. The first-order valence-electron chi connectivity index (χ1n) is 4.94. The molecule has 3 N–H and O–H groups in total. The van der Waals surface area contributed by atoms with Gasteiger partial charge in [0.05, 0.1) is 6.61 Å². The molecule has 0 aromatic carbocycles. The number of aliphatic hydroxyl groups is 1. The highest BCUT2D eigenvalue weighted by Gasteiger charge is 2.31. The summed E-state index contributed by atoms with van der Waals surface area (Å²) in [7, 11) is 0. The van der Waals surface area contributed by atoms with Crippen LogP contribution in [0.25, 0.3) is 0 Å². The van der Waals surface area contributed by atoms with Gasteiger partial charge in [-0.3, -0.25) is 0 Å². The number of nitrogens with one attached hydrogen (secondary N) is 1. The minimum atomic E-state index is -0.934. The van der Waals surface area contributed by atoms with Gasteiger partial charge >= 0.3 is 5.97 Å². The predicted octanol–water partition coefficient (Wildman–Crippen LogP) is 0.522. The standard InChI is InChI=1S/C10H17NO3/c12-8-10(5-1-2-6-10)11-7-3-4-9(13)14/h3-4,11-12H,1-2,5-8H2,(H,13,14)/b4-3+. The molecule has 1 fully saturated rings. The van der Waals surface area contributed by atoms with E-state index in [1.807, 2.05) is 0 Å². The molecule has 0 bridgehead atoms. The van der Waals surface area contributed by atoms with E-state index in [0.717, 1.165) is 31.8 Å². The van der Waals surface area contributed by atoms with Crippen LogP contribution in [0.3, 0.4) is 0 Å². The Morgan fingerprint density at radius 1 is 1.43 bits per heavy atom. The van der Waals surface area contributed by atoms with Crippen LogP contribution in [0, 0.1) is 0 Å². The summed E-state index contributed by atoms with van der Waals surface area (Å²) < 4.78 is 0. The lowest BCUT2D eigenvalue weighted by molar-refractivity contribution is -0.131. The molecule has 0 saturated heterocycles. The summed E-state index contributed by atoms with van der Waals surface area (Å²) in [4.78, 5) is 10.2. The number of aliphatic hydroxyl groups excluding tert-OH is 1. The fourth-order valence-electron chi connectivity index (χ4n) is 1.88. The second-order valence-corrected chi connectivity index (χ2v) is 3.77. The van der Waals surface area contributed by atoms with E-state index in [-0.39, 0.29) is 12.1 Å². The molecule has 1 aliphatic carbocycles. The van der Waals surface area contributed by atoms with Crippen molar-refractivity contribution in [3.63, 3.8) is 0 Å². The molecule has 0 spiro atoms. The minimum Gasteiger partial charge on any atom is -0.478 e. The lowest BCUT2D eigenvalue weighted by Crippen LogP contribution is -2.46. The maximum Gasteiger partial charge on any atom is 0.328 e. The van der Waals surface area contributed by atoms with Crippen LogP contribution in [-0.2, 0) is 4.79 Å². The van der Waals surface area contributed by atoms with Gasteiger partial charge in [-0.15, -0.1) is 0 Å². The number of aliphatic carboxylic acids is 1. The van der Waals surface area contributed by atoms with Gasteiger partial charge in [0.15, 0.2) is 0 Å². The third-order valence-electron chi connectivity index (χ3n) is 2.72. The Bertz CT molecular complexity index is 219. The third-order valence-corrected chi connectivity index (χ3v) is 2.72. The Morgan fingerprint density at radius 3 is 2.57 bits per heavy atom. The van der Waals surface area contributed by atoms with Gasteiger partial charge in [-0.1, -0.05) is 18.9 Å². The van der Waals surface area contributed by atoms with Crippen LogP contribution in [0.4, 0.5) is 0 Å². The summed E-state index contributed by atoms with van der Waals surface area (Å²) in [6, 6.07) is 0. The molecule has 1 rings (SSSR count). The molecular weight excluding hydrogens is 182 g/mol. The smallest absolute Gasteiger partial charge is 0.328 e. The number of rotatable bonds is 5. The minimum absolute atomic E-state index is 0.133. The first-order chi connectivity index (χ1) is 6.68. The number of carboxylic acid groups (broad SMARTS) is 1. The molecule has 0 atom stereocenters. The number of carbonyl (C=O) groups is 1. The molecule has 0 unspecified atom stereocenters. The van der Waals surface area contributed by atoms with E-state index in [0.29, 0.717) is 6.54 Å². The van der Waals surface area contributed by atoms with Crippen molar-refractivity contribution in [3.05, 3.63) is 12.2 Å². The fraction of sp³-hybridized carbons (Fsp3) is 0.700. The maximum atomic E-state index is 10.2. The zero-order valence-electron chi connectivity index (χ0n) is 8.20. The molecular formula is C10H17NO3. The van der Waals surface area contributed by atoms with Crippen molar-refractivity contribution < 1.29 is 15.0 Å². The van der Waals surface area contributed by atoms with E-state index in [4.69, 9.17) is 5.11 Å². The van der Waals surface area contributed by atoms with E-state index < -0.39 is 5.97 Å². The largest absolute Gasteiger partial charge is 0.478 e. The highest BCUT2D eigenvalue weighted by Crippen LogP contribution is 2.28. The lowest BCUT2D eigenvalue weighted by Gasteiger charge is -2.27. The molecule has 14 heavy (non-hydrogen) atoms. The van der Waals surface area contributed by atoms with Crippen LogP contribution >= 0.6 is 0 Å². The van der Waals surface area contributed by atoms with E-state index in [1.54, 1.807) is 6.08 Å². The van der Waals surface area contributed by atoms with Gasteiger partial charge in [0.25, 0.3) is 0 Å². The van der Waals surface area contributed by atoms with E-state index >= 15 is 0 Å². The highest BCUT2D eigenvalue weighted by molar-refractivity contribution is 5.79. The molecule has 4 nitrogen and oxygen atoms in total. The average Bonchev–Trinajstić information content (AvgIpc) is 2.62. The van der Waals surface area contributed by atoms with E-state index in [9.17, 15) is 9.90 Å². The molecule has 1 aliphatic rings. The van der Waals surface area contributed by atoms with Crippen LogP contribution in [0.15, 0.2) is 12.2 Å². The summed E-state index contributed by atoms with van der Waals surface area (Å²) in [5, 5.41) is 20.8. The molecule has 0 heterocycles. The topological polar surface area (TPSA) is 69.6 Å². The highest BCUT2D eigenvalue weighted by atomic mass is 16.4. The SMILES string of the molecule is O=C(O)/C=C/CNC1(CO)CCCC1. The van der Waals surface area contributed by atoms with Crippen LogP contribution < -0.4 is 5.32 Å². The Labute approximate surface area is 83.6 Å². The molecule has 0 aliphatic heterocycles. The van der Waals surface area contributed by atoms with Crippen LogP contribution in [0.5, 0.6) is 0 Å². The Balaban J connectivity index is 2.31. The van der Waals surface area contributed by atoms with E-state index in [1.165, 1.54) is 0 Å². The van der Waals surface area contributed by atoms with Crippen molar-refractivity contribution in [2.24, 2.45) is 0 Å². The van der Waals surface area contributed by atoms with Crippen molar-refractivity contribution in [3.8, 4) is 0 Å². The van der Waals surface area contributed by atoms with Crippen molar-refractivity contribution in [1.29, 1.82) is 0 Å². The number of hydrogen-bond acceptors (Lipinski definition) is 3. The summed E-state index contributed by atoms with van der Waals surface area (Å²) >= 11 is 0. The molecule has 0 radical (unpaired) electrons. The van der Waals surface area contributed by atoms with Crippen LogP contribution in [0.2, 0.25) is 0 Å². The van der Waals surface area contributed by atoms with Gasteiger partial charge in [-0.2, -0.15) is 0 Å². The Hall–Kier alpha value is -0.870. The van der Waals surface area contributed by atoms with Gasteiger partial charge in [-0.05, 0) is 12.8 Å². The fourth-order valence-corrected chi connectivity index (χ4v) is 1.88. The molecule has 80 valence electrons. The molecule has 0 aromatic heterocycles. The first kappa shape index (κ1) is 11.2. The quantitative estimate of drug-likeness (QED) is 0.565. The van der Waals surface area contributed by atoms with Gasteiger partial charge < -0.3 is 15.5 Å². The average molecular weight is 199 g/mol. The summed E-state index contributed by atoms with van der Waals surface area (Å²) in [6.45, 7) is 0.640. The van der Waals surface area contributed by atoms with Gasteiger partial charge in [0.1, 0.15) is 0 Å². The molecule has 4 heteroatoms. The van der Waals surface area contributed by atoms with Crippen molar-refractivity contribution in [2.45, 2.75) is 31.2 Å². The summed E-state index contributed by atoms with van der Waals surface area (Å²) in [5.74, 6) is -0.934. The molecule has 0 aromatic rings. The van der Waals surface area contributed by atoms with Crippen LogP contribution in [0.1, 0.15) is 25.7 Å². The van der Waals surface area contributed by atoms with Crippen molar-refractivity contribution >= 4 is 5.97 Å². The summed E-state index contributed by atoms with van der Waals surface area (Å²) in [6.07, 6.45) is 6.91. The molecule has 1 saturated carbocycles. The zero-order valence-corrected chi connectivity index (χ0v) is 8.20. The number of carboxylic acids is 1. The normalized spacial score (nSPS) is 20.4. The second-order valence-electron chi connectivity index (χ2n) is 3.77. The van der Waals surface area contributed by atoms with Crippen LogP contribution in [-0.4, -0.2) is 34.9 Å². The maximum absolute atomic E-state index is 10.2. The first-order valence-corrected chi connectivity index (χ1v) is 4.94. The predicted molar refractivity (Wildman–Crippen MR) is 53.1 cm³/mol. The Kier molecular flexibility index (Phi) is 4.10. The van der Waals surface area contributed by atoms with Gasteiger partial charge in [0, 0.05) is 18.2 Å². The van der Waals surface area contributed by atoms with E-state index in [2.05, 4.69) is 5.32 Å². The number of hydrogen-bond donors (Lipinski definition) is 3. The Morgan fingerprint density at radius 2 is 2.07 bits per heavy atom. The van der Waals surface area contributed by atoms with Gasteiger partial charge in [0.2, 0.25) is 0 Å². The van der Waals surface area contributed by atoms with Gasteiger partial charge in [-0.25, -0.2) is 4.79 Å². The summed E-state index contributed by atoms with van der Waals surface area (Å²) in [5.41, 5.74) is -0.164. The lowest BCUT2D eigenvalue weighted by atomic mass is 9.99. The molecule has 0 amide bonds. The zero-order chi connectivity index (χ0) is 10.4. The van der Waals surface area contributed by atoms with Crippen molar-refractivity contribution in [1.82, 2.24) is 5.32 Å². The third kappa shape index (κ3) is 3.12. The van der Waals surface area contributed by atoms with Crippen molar-refractivity contribution in [2.75, 3.05) is 13.2 Å².